The number of rotatable bonds is 7. The highest BCUT2D eigenvalue weighted by Crippen LogP contribution is 2.20. The average Bonchev–Trinajstić information content (AvgIpc) is 2.55. The maximum atomic E-state index is 4.45. The van der Waals surface area contributed by atoms with Crippen molar-refractivity contribution in [3.63, 3.8) is 0 Å². The summed E-state index contributed by atoms with van der Waals surface area (Å²) in [6, 6.07) is 8.52. The van der Waals surface area contributed by atoms with E-state index >= 15 is 0 Å². The Hall–Kier alpha value is -1.94. The molecule has 1 aromatic heterocycles. The Labute approximate surface area is 127 Å². The lowest BCUT2D eigenvalue weighted by atomic mass is 10.1. The smallest absolute Gasteiger partial charge is 0.229 e. The summed E-state index contributed by atoms with van der Waals surface area (Å²) in [6.07, 6.45) is 5.97. The van der Waals surface area contributed by atoms with Crippen LogP contribution in [0.5, 0.6) is 0 Å². The highest BCUT2D eigenvalue weighted by Gasteiger charge is 2.06. The Bertz CT molecular complexity index is 534. The molecule has 4 heteroatoms. The third-order valence-corrected chi connectivity index (χ3v) is 3.48. The molecule has 0 aliphatic heterocycles. The van der Waals surface area contributed by atoms with Crippen molar-refractivity contribution in [2.24, 2.45) is 0 Å². The first kappa shape index (κ1) is 15.4. The molecule has 0 fully saturated rings. The standard InChI is InChI=1S/C17H24N4/c1-4-10-18-11-15-12-19-17(20-13-15)21(3)16-8-6-14(5-2)7-9-16/h6-9,12-13,18H,4-5,10-11H2,1-3H3. The zero-order valence-electron chi connectivity index (χ0n) is 13.1. The van der Waals surface area contributed by atoms with Crippen LogP contribution in [0.15, 0.2) is 36.7 Å². The SMILES string of the molecule is CCCNCc1cnc(N(C)c2ccc(CC)cc2)nc1. The van der Waals surface area contributed by atoms with Gasteiger partial charge in [0.2, 0.25) is 5.95 Å². The molecule has 1 N–H and O–H groups in total. The van der Waals surface area contributed by atoms with Crippen LogP contribution < -0.4 is 10.2 Å². The van der Waals surface area contributed by atoms with Crippen LogP contribution >= 0.6 is 0 Å². The fourth-order valence-corrected chi connectivity index (χ4v) is 2.09. The monoisotopic (exact) mass is 284 g/mol. The van der Waals surface area contributed by atoms with E-state index in [4.69, 9.17) is 0 Å². The predicted molar refractivity (Wildman–Crippen MR) is 87.9 cm³/mol. The summed E-state index contributed by atoms with van der Waals surface area (Å²) in [6.45, 7) is 6.16. The summed E-state index contributed by atoms with van der Waals surface area (Å²) in [5.41, 5.74) is 3.55. The lowest BCUT2D eigenvalue weighted by Crippen LogP contribution is -2.16. The van der Waals surface area contributed by atoms with Crippen LogP contribution in [0.3, 0.4) is 0 Å². The fourth-order valence-electron chi connectivity index (χ4n) is 2.09. The average molecular weight is 284 g/mol. The van der Waals surface area contributed by atoms with Gasteiger partial charge in [-0.2, -0.15) is 0 Å². The van der Waals surface area contributed by atoms with Crippen molar-refractivity contribution in [1.82, 2.24) is 15.3 Å². The van der Waals surface area contributed by atoms with Gasteiger partial charge < -0.3 is 10.2 Å². The van der Waals surface area contributed by atoms with Crippen LogP contribution in [0.25, 0.3) is 0 Å². The van der Waals surface area contributed by atoms with Crippen LogP contribution in [-0.4, -0.2) is 23.6 Å². The van der Waals surface area contributed by atoms with E-state index < -0.39 is 0 Å². The van der Waals surface area contributed by atoms with Gasteiger partial charge in [0.05, 0.1) is 0 Å². The molecule has 0 amide bonds. The third kappa shape index (κ3) is 4.26. The summed E-state index contributed by atoms with van der Waals surface area (Å²) in [4.78, 5) is 10.9. The van der Waals surface area contributed by atoms with E-state index in [9.17, 15) is 0 Å². The summed E-state index contributed by atoms with van der Waals surface area (Å²) in [7, 11) is 1.99. The first-order valence-electron chi connectivity index (χ1n) is 7.59. The second kappa shape index (κ2) is 7.74. The summed E-state index contributed by atoms with van der Waals surface area (Å²) in [5.74, 6) is 0.721. The quantitative estimate of drug-likeness (QED) is 0.792. The van der Waals surface area contributed by atoms with Crippen molar-refractivity contribution in [3.05, 3.63) is 47.8 Å². The second-order valence-electron chi connectivity index (χ2n) is 5.15. The van der Waals surface area contributed by atoms with Gasteiger partial charge in [0.25, 0.3) is 0 Å². The molecule has 0 saturated heterocycles. The molecular formula is C17H24N4. The normalized spacial score (nSPS) is 10.6. The molecule has 0 spiro atoms. The first-order valence-corrected chi connectivity index (χ1v) is 7.59. The van der Waals surface area contributed by atoms with Gasteiger partial charge >= 0.3 is 0 Å². The molecule has 2 aromatic rings. The van der Waals surface area contributed by atoms with Gasteiger partial charge in [-0.1, -0.05) is 26.0 Å². The van der Waals surface area contributed by atoms with Crippen LogP contribution in [0.4, 0.5) is 11.6 Å². The Morgan fingerprint density at radius 2 is 1.67 bits per heavy atom. The van der Waals surface area contributed by atoms with Crippen molar-refractivity contribution in [3.8, 4) is 0 Å². The van der Waals surface area contributed by atoms with Crippen molar-refractivity contribution in [2.75, 3.05) is 18.5 Å². The highest BCUT2D eigenvalue weighted by molar-refractivity contribution is 5.56. The Morgan fingerprint density at radius 3 is 2.24 bits per heavy atom. The van der Waals surface area contributed by atoms with E-state index in [0.29, 0.717) is 0 Å². The maximum Gasteiger partial charge on any atom is 0.229 e. The molecule has 0 saturated carbocycles. The number of aryl methyl sites for hydroxylation is 1. The van der Waals surface area contributed by atoms with Crippen molar-refractivity contribution < 1.29 is 0 Å². The summed E-state index contributed by atoms with van der Waals surface area (Å²) >= 11 is 0. The van der Waals surface area contributed by atoms with E-state index in [2.05, 4.69) is 53.4 Å². The van der Waals surface area contributed by atoms with Gasteiger partial charge in [0.15, 0.2) is 0 Å². The van der Waals surface area contributed by atoms with Gasteiger partial charge in [-0.15, -0.1) is 0 Å². The number of hydrogen-bond acceptors (Lipinski definition) is 4. The van der Waals surface area contributed by atoms with Crippen molar-refractivity contribution >= 4 is 11.6 Å². The molecule has 112 valence electrons. The van der Waals surface area contributed by atoms with Gasteiger partial charge in [-0.25, -0.2) is 9.97 Å². The minimum Gasteiger partial charge on any atom is -0.314 e. The van der Waals surface area contributed by atoms with Gasteiger partial charge in [0.1, 0.15) is 0 Å². The lowest BCUT2D eigenvalue weighted by molar-refractivity contribution is 0.672. The molecule has 21 heavy (non-hydrogen) atoms. The number of aromatic nitrogens is 2. The topological polar surface area (TPSA) is 41.1 Å². The molecule has 0 bridgehead atoms. The number of benzene rings is 1. The van der Waals surface area contributed by atoms with E-state index in [-0.39, 0.29) is 0 Å². The zero-order valence-corrected chi connectivity index (χ0v) is 13.1. The number of nitrogens with zero attached hydrogens (tertiary/aromatic N) is 3. The van der Waals surface area contributed by atoms with Crippen LogP contribution in [0.1, 0.15) is 31.4 Å². The van der Waals surface area contributed by atoms with Crippen LogP contribution in [0.2, 0.25) is 0 Å². The summed E-state index contributed by atoms with van der Waals surface area (Å²) in [5, 5.41) is 3.35. The predicted octanol–water partition coefficient (Wildman–Crippen LogP) is 3.31. The second-order valence-corrected chi connectivity index (χ2v) is 5.15. The third-order valence-electron chi connectivity index (χ3n) is 3.48. The molecule has 0 atom stereocenters. The largest absolute Gasteiger partial charge is 0.314 e. The van der Waals surface area contributed by atoms with Crippen LogP contribution in [0, 0.1) is 0 Å². The molecule has 1 aromatic carbocycles. The molecule has 2 rings (SSSR count). The van der Waals surface area contributed by atoms with E-state index in [1.54, 1.807) is 0 Å². The van der Waals surface area contributed by atoms with Gasteiger partial charge in [-0.3, -0.25) is 0 Å². The van der Waals surface area contributed by atoms with E-state index in [1.807, 2.05) is 24.3 Å². The fraction of sp³-hybridized carbons (Fsp3) is 0.412. The molecule has 1 heterocycles. The van der Waals surface area contributed by atoms with E-state index in [1.165, 1.54) is 5.56 Å². The molecule has 0 radical (unpaired) electrons. The number of anilines is 2. The number of hydrogen-bond donors (Lipinski definition) is 1. The molecule has 0 aliphatic carbocycles. The minimum absolute atomic E-state index is 0.721. The van der Waals surface area contributed by atoms with Gasteiger partial charge in [0, 0.05) is 37.2 Å². The Kier molecular flexibility index (Phi) is 5.69. The summed E-state index contributed by atoms with van der Waals surface area (Å²) < 4.78 is 0. The van der Waals surface area contributed by atoms with Crippen molar-refractivity contribution in [2.45, 2.75) is 33.2 Å². The van der Waals surface area contributed by atoms with Crippen molar-refractivity contribution in [1.29, 1.82) is 0 Å². The lowest BCUT2D eigenvalue weighted by Gasteiger charge is -2.17. The number of nitrogens with one attached hydrogen (secondary N) is 1. The minimum atomic E-state index is 0.721. The van der Waals surface area contributed by atoms with Gasteiger partial charge in [-0.05, 0) is 37.1 Å². The Morgan fingerprint density at radius 1 is 1.00 bits per heavy atom. The highest BCUT2D eigenvalue weighted by atomic mass is 15.2. The zero-order chi connectivity index (χ0) is 15.1. The molecule has 0 aliphatic rings. The molecule has 0 unspecified atom stereocenters. The first-order chi connectivity index (χ1) is 10.2. The molecular weight excluding hydrogens is 260 g/mol. The van der Waals surface area contributed by atoms with E-state index in [0.717, 1.165) is 43.1 Å². The molecule has 4 nitrogen and oxygen atoms in total. The van der Waals surface area contributed by atoms with Crippen LogP contribution in [-0.2, 0) is 13.0 Å². The Balaban J connectivity index is 2.02. The maximum absolute atomic E-state index is 4.45.